The lowest BCUT2D eigenvalue weighted by atomic mass is 9.12. The van der Waals surface area contributed by atoms with E-state index in [0.717, 1.165) is 10.8 Å². The van der Waals surface area contributed by atoms with Gasteiger partial charge in [-0.05, 0) is 11.5 Å². The van der Waals surface area contributed by atoms with Crippen molar-refractivity contribution in [1.82, 2.24) is 0 Å². The average Bonchev–Trinajstić information content (AvgIpc) is 3.44. The second kappa shape index (κ2) is 20.9. The number of nitrogens with zero attached hydrogens (tertiary/aromatic N) is 2. The predicted molar refractivity (Wildman–Crippen MR) is 225 cm³/mol. The van der Waals surface area contributed by atoms with E-state index in [0.29, 0.717) is 11.3 Å². The summed E-state index contributed by atoms with van der Waals surface area (Å²) in [6.07, 6.45) is -5.39. The van der Waals surface area contributed by atoms with Gasteiger partial charge in [0.2, 0.25) is 12.3 Å². The van der Waals surface area contributed by atoms with Gasteiger partial charge >= 0.3 is 0 Å². The van der Waals surface area contributed by atoms with Crippen LogP contribution in [0, 0.1) is 126 Å². The van der Waals surface area contributed by atoms with Crippen LogP contribution in [0.2, 0.25) is 0 Å². The van der Waals surface area contributed by atoms with Gasteiger partial charge in [0.25, 0.3) is 5.69 Å². The second-order valence-electron chi connectivity index (χ2n) is 16.0. The fourth-order valence-electron chi connectivity index (χ4n) is 8.46. The lowest BCUT2D eigenvalue weighted by Crippen LogP contribution is -2.81. The molecule has 8 rings (SSSR count). The third-order valence-corrected chi connectivity index (χ3v) is 11.9. The molecule has 1 aromatic heterocycles. The fraction of sp³-hybridized carbons (Fsp3) is 0.0408. The Balaban J connectivity index is 0.000000236. The molecule has 76 heavy (non-hydrogen) atoms. The largest absolute Gasteiger partial charge is 0.294 e. The molecule has 1 heterocycles. The van der Waals surface area contributed by atoms with Crippen LogP contribution in [0.25, 0.3) is 10.8 Å². The van der Waals surface area contributed by atoms with Crippen molar-refractivity contribution in [2.75, 3.05) is 0 Å². The predicted octanol–water partition coefficient (Wildman–Crippen LogP) is 10.2. The van der Waals surface area contributed by atoms with Crippen LogP contribution in [-0.4, -0.2) is 22.6 Å². The molecule has 8 aromatic rings. The maximum Gasteiger partial charge on any atom is 0.270 e. The first kappa shape index (κ1) is 55.1. The molecule has 0 aliphatic carbocycles. The maximum absolute atomic E-state index is 15.4. The number of ketones is 2. The Morgan fingerprint density at radius 1 is 0.408 bits per heavy atom. The van der Waals surface area contributed by atoms with Crippen molar-refractivity contribution in [1.29, 1.82) is 0 Å². The van der Waals surface area contributed by atoms with Crippen LogP contribution in [0.4, 0.5) is 93.5 Å². The zero-order valence-electron chi connectivity index (χ0n) is 36.7. The summed E-state index contributed by atoms with van der Waals surface area (Å²) in [4.78, 5) is 36.4. The van der Waals surface area contributed by atoms with Gasteiger partial charge in [0.1, 0.15) is 52.7 Å². The Labute approximate surface area is 409 Å². The standard InChI is InChI=1S/C25H19N2O4.C24BF20/c28-24(20-10-6-11-21(15-20)27(30)31)16-23-22-12-5-4-7-18(22)13-14-26(23)17-25(29)19-8-2-1-3-9-19;26-5-1(6(27)14(35)21(42)13(5)34)25(2-7(28)15(36)22(43)16(37)8(2)29,3-9(30)17(38)23(44)18(39)10(3)31)4-11(32)19(40)24(45)20(41)12(4)33/h1-15H,16-17H2;/q+1;-1. The topological polar surface area (TPSA) is 81.2 Å². The summed E-state index contributed by atoms with van der Waals surface area (Å²) in [5.74, 6) is -71.7. The van der Waals surface area contributed by atoms with Gasteiger partial charge in [0.15, 0.2) is 87.5 Å². The highest BCUT2D eigenvalue weighted by molar-refractivity contribution is 7.20. The molecule has 0 fully saturated rings. The third kappa shape index (κ3) is 9.01. The summed E-state index contributed by atoms with van der Waals surface area (Å²) >= 11 is 0. The Kier molecular flexibility index (Phi) is 15.2. The van der Waals surface area contributed by atoms with E-state index in [1.54, 1.807) is 29.0 Å². The molecule has 7 aromatic carbocycles. The van der Waals surface area contributed by atoms with Crippen LogP contribution < -0.4 is 26.4 Å². The molecule has 0 radical (unpaired) electrons. The Morgan fingerprint density at radius 3 is 1.13 bits per heavy atom. The molecule has 6 nitrogen and oxygen atoms in total. The smallest absolute Gasteiger partial charge is 0.270 e. The number of Topliss-reactive ketones (excluding diaryl/α,β-unsaturated/α-hetero) is 2. The summed E-state index contributed by atoms with van der Waals surface area (Å²) in [5, 5.41) is 12.9. The Hall–Kier alpha value is -8.65. The number of pyridine rings is 1. The van der Waals surface area contributed by atoms with Gasteiger partial charge in [0.05, 0.1) is 11.3 Å². The molecule has 0 saturated carbocycles. The normalized spacial score (nSPS) is 11.5. The van der Waals surface area contributed by atoms with Crippen molar-refractivity contribution >= 4 is 56.0 Å². The van der Waals surface area contributed by atoms with Crippen molar-refractivity contribution in [2.45, 2.75) is 13.0 Å². The number of fused-ring (bicyclic) bond motifs is 1. The summed E-state index contributed by atoms with van der Waals surface area (Å²) in [5.41, 5.74) is -12.9. The zero-order chi connectivity index (χ0) is 56.2. The zero-order valence-corrected chi connectivity index (χ0v) is 36.7. The van der Waals surface area contributed by atoms with Gasteiger partial charge in [-0.3, -0.25) is 19.7 Å². The number of aromatic nitrogens is 1. The van der Waals surface area contributed by atoms with Crippen molar-refractivity contribution in [3.8, 4) is 0 Å². The first-order valence-corrected chi connectivity index (χ1v) is 20.7. The van der Waals surface area contributed by atoms with Crippen molar-refractivity contribution in [2.24, 2.45) is 0 Å². The molecule has 0 amide bonds. The lowest BCUT2D eigenvalue weighted by molar-refractivity contribution is -0.688. The molecular weight excluding hydrogens is 1070 g/mol. The number of rotatable bonds is 11. The Bertz CT molecular complexity index is 3370. The average molecular weight is 1090 g/mol. The first-order valence-electron chi connectivity index (χ1n) is 20.7. The minimum Gasteiger partial charge on any atom is -0.294 e. The van der Waals surface area contributed by atoms with Crippen molar-refractivity contribution in [3.05, 3.63) is 234 Å². The van der Waals surface area contributed by atoms with Gasteiger partial charge < -0.3 is 0 Å². The first-order chi connectivity index (χ1) is 35.7. The van der Waals surface area contributed by atoms with Crippen molar-refractivity contribution in [3.63, 3.8) is 0 Å². The number of hydrogen-bond donors (Lipinski definition) is 0. The highest BCUT2D eigenvalue weighted by atomic mass is 19.2. The number of hydrogen-bond acceptors (Lipinski definition) is 4. The minimum atomic E-state index is -7.22. The molecular formula is C49H19BF20N2O4. The fourth-order valence-corrected chi connectivity index (χ4v) is 8.46. The highest BCUT2D eigenvalue weighted by Gasteiger charge is 2.52. The van der Waals surface area contributed by atoms with Crippen LogP contribution in [0.1, 0.15) is 26.4 Å². The molecule has 0 N–H and O–H groups in total. The van der Waals surface area contributed by atoms with Gasteiger partial charge in [-0.2, -0.15) is 4.57 Å². The lowest BCUT2D eigenvalue weighted by Gasteiger charge is -2.44. The monoisotopic (exact) mass is 1090 g/mol. The molecule has 27 heteroatoms. The van der Waals surface area contributed by atoms with E-state index in [1.807, 2.05) is 48.5 Å². The van der Waals surface area contributed by atoms with E-state index in [4.69, 9.17) is 0 Å². The number of nitro benzene ring substituents is 1. The molecule has 0 atom stereocenters. The summed E-state index contributed by atoms with van der Waals surface area (Å²) in [6, 6.07) is 24.3. The number of benzene rings is 7. The SMILES string of the molecule is Fc1c(F)c(F)c([B-](c2c(F)c(F)c(F)c(F)c2F)(c2c(F)c(F)c(F)c(F)c2F)c2c(F)c(F)c(F)c(F)c2F)c(F)c1F.O=C(Cc1c2ccccc2cc[n+]1CC(=O)c1ccccc1)c1cccc([N+](=O)[O-])c1. The quantitative estimate of drug-likeness (QED) is 0.0189. The minimum absolute atomic E-state index is 0.0184. The Morgan fingerprint density at radius 2 is 0.750 bits per heavy atom. The van der Waals surface area contributed by atoms with E-state index in [2.05, 4.69) is 0 Å². The number of carbonyl (C=O) groups is 2. The molecule has 0 spiro atoms. The molecule has 0 bridgehead atoms. The summed E-state index contributed by atoms with van der Waals surface area (Å²) in [7, 11) is 0. The van der Waals surface area contributed by atoms with E-state index >= 15 is 35.1 Å². The number of halogens is 20. The molecule has 0 saturated heterocycles. The molecule has 0 unspecified atom stereocenters. The number of carbonyl (C=O) groups excluding carboxylic acids is 2. The van der Waals surface area contributed by atoms with Crippen LogP contribution in [0.5, 0.6) is 0 Å². The maximum atomic E-state index is 15.4. The van der Waals surface area contributed by atoms with Crippen molar-refractivity contribution < 1.29 is 107 Å². The highest BCUT2D eigenvalue weighted by Crippen LogP contribution is 2.31. The summed E-state index contributed by atoms with van der Waals surface area (Å²) in [6.45, 7) is 0.0897. The van der Waals surface area contributed by atoms with Gasteiger partial charge in [-0.25, -0.2) is 87.8 Å². The van der Waals surface area contributed by atoms with Crippen LogP contribution in [0.3, 0.4) is 0 Å². The third-order valence-electron chi connectivity index (χ3n) is 11.9. The molecule has 0 aliphatic rings. The van der Waals surface area contributed by atoms with Gasteiger partial charge in [0, 0.05) is 34.7 Å². The van der Waals surface area contributed by atoms with E-state index in [-0.39, 0.29) is 35.8 Å². The number of non-ortho nitro benzene ring substituents is 1. The van der Waals surface area contributed by atoms with Crippen LogP contribution in [0.15, 0.2) is 91.1 Å². The van der Waals surface area contributed by atoms with Gasteiger partial charge in [-0.15, -0.1) is 21.9 Å². The van der Waals surface area contributed by atoms with E-state index < -0.39 is 149 Å². The summed E-state index contributed by atoms with van der Waals surface area (Å²) < 4.78 is 296. The van der Waals surface area contributed by atoms with Gasteiger partial charge in [-0.1, -0.05) is 60.7 Å². The van der Waals surface area contributed by atoms with E-state index in [9.17, 15) is 72.4 Å². The van der Waals surface area contributed by atoms with Crippen LogP contribution >= 0.6 is 0 Å². The number of nitro groups is 1. The molecule has 0 aliphatic heterocycles. The van der Waals surface area contributed by atoms with Crippen LogP contribution in [-0.2, 0) is 13.0 Å². The second-order valence-corrected chi connectivity index (χ2v) is 16.0. The van der Waals surface area contributed by atoms with E-state index in [1.165, 1.54) is 18.2 Å². The molecule has 392 valence electrons.